The number of alkyl halides is 3. The van der Waals surface area contributed by atoms with Gasteiger partial charge in [-0.05, 0) is 37.6 Å². The second-order valence-corrected chi connectivity index (χ2v) is 4.46. The van der Waals surface area contributed by atoms with E-state index in [2.05, 4.69) is 0 Å². The van der Waals surface area contributed by atoms with Gasteiger partial charge in [-0.2, -0.15) is 18.4 Å². The highest BCUT2D eigenvalue weighted by molar-refractivity contribution is 5.69. The first kappa shape index (κ1) is 14.2. The molecule has 2 nitrogen and oxygen atoms in total. The van der Waals surface area contributed by atoms with Gasteiger partial charge >= 0.3 is 6.18 Å². The molecule has 0 atom stereocenters. The lowest BCUT2D eigenvalue weighted by Crippen LogP contribution is -2.13. The van der Waals surface area contributed by atoms with E-state index in [1.54, 1.807) is 38.1 Å². The minimum atomic E-state index is -4.38. The number of hydrogen-bond donors (Lipinski definition) is 0. The van der Waals surface area contributed by atoms with Crippen LogP contribution in [0, 0.1) is 18.3 Å². The molecule has 104 valence electrons. The number of halogens is 3. The van der Waals surface area contributed by atoms with Crippen LogP contribution in [0.3, 0.4) is 0 Å². The van der Waals surface area contributed by atoms with E-state index in [1.807, 2.05) is 6.07 Å². The standard InChI is InChI=1S/C15H13F3N2/c1-3-20-10(2)13(8-14(20)15(16,17)18)12-6-4-5-11(7-12)9-19/h4-8H,3H2,1-2H3. The van der Waals surface area contributed by atoms with Crippen molar-refractivity contribution < 1.29 is 13.2 Å². The Balaban J connectivity index is 2.64. The summed E-state index contributed by atoms with van der Waals surface area (Å²) in [6, 6.07) is 9.75. The zero-order valence-electron chi connectivity index (χ0n) is 11.1. The minimum absolute atomic E-state index is 0.249. The monoisotopic (exact) mass is 278 g/mol. The molecular formula is C15H13F3N2. The normalized spacial score (nSPS) is 11.4. The summed E-state index contributed by atoms with van der Waals surface area (Å²) in [6.07, 6.45) is -4.38. The summed E-state index contributed by atoms with van der Waals surface area (Å²) < 4.78 is 40.3. The summed E-state index contributed by atoms with van der Waals surface area (Å²) in [4.78, 5) is 0. The third-order valence-corrected chi connectivity index (χ3v) is 3.28. The van der Waals surface area contributed by atoms with Gasteiger partial charge in [0.1, 0.15) is 5.69 Å². The van der Waals surface area contributed by atoms with Crippen LogP contribution in [-0.4, -0.2) is 4.57 Å². The third kappa shape index (κ3) is 2.42. The lowest BCUT2D eigenvalue weighted by Gasteiger charge is -2.11. The molecule has 0 aliphatic heterocycles. The molecule has 2 rings (SSSR count). The first-order valence-electron chi connectivity index (χ1n) is 6.16. The highest BCUT2D eigenvalue weighted by atomic mass is 19.4. The first-order chi connectivity index (χ1) is 9.38. The molecule has 0 bridgehead atoms. The predicted octanol–water partition coefficient (Wildman–Crippen LogP) is 4.37. The first-order valence-corrected chi connectivity index (χ1v) is 6.16. The van der Waals surface area contributed by atoms with Crippen molar-refractivity contribution in [3.05, 3.63) is 47.3 Å². The van der Waals surface area contributed by atoms with Crippen molar-refractivity contribution >= 4 is 0 Å². The number of aromatic nitrogens is 1. The van der Waals surface area contributed by atoms with Crippen molar-refractivity contribution in [1.29, 1.82) is 5.26 Å². The van der Waals surface area contributed by atoms with E-state index in [0.717, 1.165) is 6.07 Å². The van der Waals surface area contributed by atoms with Crippen molar-refractivity contribution in [2.45, 2.75) is 26.6 Å². The van der Waals surface area contributed by atoms with E-state index in [4.69, 9.17) is 5.26 Å². The van der Waals surface area contributed by atoms with Crippen molar-refractivity contribution in [2.24, 2.45) is 0 Å². The summed E-state index contributed by atoms with van der Waals surface area (Å²) in [6.45, 7) is 3.59. The van der Waals surface area contributed by atoms with Crippen LogP contribution < -0.4 is 0 Å². The van der Waals surface area contributed by atoms with Gasteiger partial charge in [0.2, 0.25) is 0 Å². The van der Waals surface area contributed by atoms with Crippen LogP contribution in [0.5, 0.6) is 0 Å². The van der Waals surface area contributed by atoms with E-state index < -0.39 is 11.9 Å². The van der Waals surface area contributed by atoms with Crippen LogP contribution in [0.15, 0.2) is 30.3 Å². The van der Waals surface area contributed by atoms with Crippen LogP contribution in [0.2, 0.25) is 0 Å². The molecule has 20 heavy (non-hydrogen) atoms. The maximum Gasteiger partial charge on any atom is 0.431 e. The average Bonchev–Trinajstić information content (AvgIpc) is 2.75. The molecule has 1 heterocycles. The van der Waals surface area contributed by atoms with E-state index >= 15 is 0 Å². The second-order valence-electron chi connectivity index (χ2n) is 4.46. The molecule has 5 heteroatoms. The Morgan fingerprint density at radius 3 is 2.45 bits per heavy atom. The van der Waals surface area contributed by atoms with E-state index in [9.17, 15) is 13.2 Å². The molecular weight excluding hydrogens is 265 g/mol. The molecule has 0 fully saturated rings. The van der Waals surface area contributed by atoms with Crippen LogP contribution in [0.1, 0.15) is 23.9 Å². The fraction of sp³-hybridized carbons (Fsp3) is 0.267. The lowest BCUT2D eigenvalue weighted by molar-refractivity contribution is -0.143. The minimum Gasteiger partial charge on any atom is -0.341 e. The number of nitriles is 1. The fourth-order valence-electron chi connectivity index (χ4n) is 2.34. The van der Waals surface area contributed by atoms with E-state index in [-0.39, 0.29) is 6.54 Å². The van der Waals surface area contributed by atoms with Gasteiger partial charge in [-0.15, -0.1) is 0 Å². The molecule has 2 aromatic rings. The Morgan fingerprint density at radius 1 is 1.25 bits per heavy atom. The van der Waals surface area contributed by atoms with Crippen molar-refractivity contribution in [1.82, 2.24) is 4.57 Å². The van der Waals surface area contributed by atoms with Crippen LogP contribution in [-0.2, 0) is 12.7 Å². The van der Waals surface area contributed by atoms with Gasteiger partial charge < -0.3 is 4.57 Å². The molecule has 0 unspecified atom stereocenters. The largest absolute Gasteiger partial charge is 0.431 e. The molecule has 0 amide bonds. The summed E-state index contributed by atoms with van der Waals surface area (Å²) in [7, 11) is 0. The Morgan fingerprint density at radius 2 is 1.95 bits per heavy atom. The van der Waals surface area contributed by atoms with Crippen molar-refractivity contribution in [3.63, 3.8) is 0 Å². The number of nitrogens with zero attached hydrogens (tertiary/aromatic N) is 2. The van der Waals surface area contributed by atoms with Gasteiger partial charge in [0, 0.05) is 17.8 Å². The molecule has 0 aliphatic carbocycles. The quantitative estimate of drug-likeness (QED) is 0.801. The lowest BCUT2D eigenvalue weighted by atomic mass is 10.0. The Bertz CT molecular complexity index is 675. The maximum atomic E-state index is 13.0. The zero-order valence-corrected chi connectivity index (χ0v) is 11.1. The number of hydrogen-bond acceptors (Lipinski definition) is 1. The van der Waals surface area contributed by atoms with Gasteiger partial charge in [-0.1, -0.05) is 12.1 Å². The van der Waals surface area contributed by atoms with E-state index in [0.29, 0.717) is 22.4 Å². The average molecular weight is 278 g/mol. The van der Waals surface area contributed by atoms with Gasteiger partial charge in [0.25, 0.3) is 0 Å². The molecule has 0 N–H and O–H groups in total. The zero-order chi connectivity index (χ0) is 14.9. The Hall–Kier alpha value is -2.22. The highest BCUT2D eigenvalue weighted by Gasteiger charge is 2.35. The molecule has 0 saturated heterocycles. The second kappa shape index (κ2) is 5.04. The fourth-order valence-corrected chi connectivity index (χ4v) is 2.34. The Kier molecular flexibility index (Phi) is 3.58. The summed E-state index contributed by atoms with van der Waals surface area (Å²) in [5.41, 5.74) is 1.46. The SMILES string of the molecule is CCn1c(C(F)(F)F)cc(-c2cccc(C#N)c2)c1C. The smallest absolute Gasteiger partial charge is 0.341 e. The van der Waals surface area contributed by atoms with Crippen molar-refractivity contribution in [2.75, 3.05) is 0 Å². The Labute approximate surface area is 115 Å². The maximum absolute atomic E-state index is 13.0. The number of benzene rings is 1. The highest BCUT2D eigenvalue weighted by Crippen LogP contribution is 2.36. The van der Waals surface area contributed by atoms with Gasteiger partial charge in [0.15, 0.2) is 0 Å². The van der Waals surface area contributed by atoms with Crippen LogP contribution in [0.4, 0.5) is 13.2 Å². The van der Waals surface area contributed by atoms with Gasteiger partial charge in [-0.3, -0.25) is 0 Å². The molecule has 0 spiro atoms. The van der Waals surface area contributed by atoms with Gasteiger partial charge in [0.05, 0.1) is 11.6 Å². The molecule has 0 saturated carbocycles. The summed E-state index contributed by atoms with van der Waals surface area (Å²) >= 11 is 0. The van der Waals surface area contributed by atoms with Crippen molar-refractivity contribution in [3.8, 4) is 17.2 Å². The molecule has 0 aliphatic rings. The third-order valence-electron chi connectivity index (χ3n) is 3.28. The predicted molar refractivity (Wildman–Crippen MR) is 70.0 cm³/mol. The summed E-state index contributed by atoms with van der Waals surface area (Å²) in [5.74, 6) is 0. The van der Waals surface area contributed by atoms with E-state index in [1.165, 1.54) is 4.57 Å². The topological polar surface area (TPSA) is 28.7 Å². The van der Waals surface area contributed by atoms with Crippen LogP contribution >= 0.6 is 0 Å². The number of rotatable bonds is 2. The van der Waals surface area contributed by atoms with Crippen LogP contribution in [0.25, 0.3) is 11.1 Å². The molecule has 1 aromatic carbocycles. The molecule has 0 radical (unpaired) electrons. The summed E-state index contributed by atoms with van der Waals surface area (Å²) in [5, 5.41) is 8.88. The molecule has 1 aromatic heterocycles. The van der Waals surface area contributed by atoms with Gasteiger partial charge in [-0.25, -0.2) is 0 Å².